The van der Waals surface area contributed by atoms with Crippen molar-refractivity contribution in [3.05, 3.63) is 23.9 Å². The van der Waals surface area contributed by atoms with E-state index in [0.29, 0.717) is 11.5 Å². The SMILES string of the molecule is CNc1cccc(C(=O)NC(C)CSC)n1. The van der Waals surface area contributed by atoms with Gasteiger partial charge in [-0.2, -0.15) is 11.8 Å². The minimum Gasteiger partial charge on any atom is -0.373 e. The van der Waals surface area contributed by atoms with Crippen molar-refractivity contribution in [1.29, 1.82) is 0 Å². The van der Waals surface area contributed by atoms with Crippen molar-refractivity contribution in [3.8, 4) is 0 Å². The molecule has 1 atom stereocenters. The number of nitrogens with zero attached hydrogens (tertiary/aromatic N) is 1. The number of nitrogens with one attached hydrogen (secondary N) is 2. The van der Waals surface area contributed by atoms with E-state index in [-0.39, 0.29) is 11.9 Å². The number of carbonyl (C=O) groups excluding carboxylic acids is 1. The number of hydrogen-bond donors (Lipinski definition) is 2. The van der Waals surface area contributed by atoms with Gasteiger partial charge in [0.25, 0.3) is 5.91 Å². The molecule has 0 aliphatic rings. The highest BCUT2D eigenvalue weighted by atomic mass is 32.2. The van der Waals surface area contributed by atoms with Gasteiger partial charge in [0.1, 0.15) is 11.5 Å². The van der Waals surface area contributed by atoms with Gasteiger partial charge in [-0.1, -0.05) is 6.07 Å². The summed E-state index contributed by atoms with van der Waals surface area (Å²) in [6, 6.07) is 5.50. The molecule has 1 aromatic heterocycles. The van der Waals surface area contributed by atoms with E-state index in [1.807, 2.05) is 25.3 Å². The largest absolute Gasteiger partial charge is 0.373 e. The molecule has 2 N–H and O–H groups in total. The van der Waals surface area contributed by atoms with Crippen LogP contribution >= 0.6 is 11.8 Å². The lowest BCUT2D eigenvalue weighted by Crippen LogP contribution is -2.34. The van der Waals surface area contributed by atoms with Crippen LogP contribution < -0.4 is 10.6 Å². The number of hydrogen-bond acceptors (Lipinski definition) is 4. The zero-order chi connectivity index (χ0) is 12.0. The average Bonchev–Trinajstić information content (AvgIpc) is 2.29. The lowest BCUT2D eigenvalue weighted by atomic mass is 10.3. The van der Waals surface area contributed by atoms with Crippen LogP contribution in [0.25, 0.3) is 0 Å². The summed E-state index contributed by atoms with van der Waals surface area (Å²) >= 11 is 1.71. The smallest absolute Gasteiger partial charge is 0.270 e. The second-order valence-corrected chi connectivity index (χ2v) is 4.40. The summed E-state index contributed by atoms with van der Waals surface area (Å²) in [5.41, 5.74) is 0.444. The Morgan fingerprint density at radius 2 is 2.31 bits per heavy atom. The Bertz CT molecular complexity index is 357. The Hall–Kier alpha value is -1.23. The van der Waals surface area contributed by atoms with Crippen LogP contribution in [-0.4, -0.2) is 36.0 Å². The van der Waals surface area contributed by atoms with Crippen LogP contribution in [0.5, 0.6) is 0 Å². The highest BCUT2D eigenvalue weighted by Crippen LogP contribution is 2.04. The summed E-state index contributed by atoms with van der Waals surface area (Å²) in [7, 11) is 1.78. The van der Waals surface area contributed by atoms with Crippen LogP contribution in [0.4, 0.5) is 5.82 Å². The van der Waals surface area contributed by atoms with E-state index in [0.717, 1.165) is 5.75 Å². The molecule has 0 bridgehead atoms. The molecule has 16 heavy (non-hydrogen) atoms. The zero-order valence-corrected chi connectivity index (χ0v) is 10.6. The summed E-state index contributed by atoms with van der Waals surface area (Å²) in [4.78, 5) is 16.0. The molecule has 1 unspecified atom stereocenters. The Morgan fingerprint density at radius 1 is 1.56 bits per heavy atom. The maximum atomic E-state index is 11.8. The maximum Gasteiger partial charge on any atom is 0.270 e. The van der Waals surface area contributed by atoms with E-state index >= 15 is 0 Å². The van der Waals surface area contributed by atoms with Gasteiger partial charge in [-0.05, 0) is 25.3 Å². The van der Waals surface area contributed by atoms with E-state index in [4.69, 9.17) is 0 Å². The second kappa shape index (κ2) is 6.37. The summed E-state index contributed by atoms with van der Waals surface area (Å²) in [5.74, 6) is 1.47. The van der Waals surface area contributed by atoms with E-state index in [1.165, 1.54) is 0 Å². The second-order valence-electron chi connectivity index (χ2n) is 3.49. The van der Waals surface area contributed by atoms with E-state index in [9.17, 15) is 4.79 Å². The first kappa shape index (κ1) is 12.8. The number of anilines is 1. The molecule has 0 aliphatic carbocycles. The maximum absolute atomic E-state index is 11.8. The van der Waals surface area contributed by atoms with E-state index in [2.05, 4.69) is 15.6 Å². The predicted octanol–water partition coefficient (Wildman–Crippen LogP) is 1.60. The van der Waals surface area contributed by atoms with Gasteiger partial charge in [-0.3, -0.25) is 4.79 Å². The van der Waals surface area contributed by atoms with Gasteiger partial charge >= 0.3 is 0 Å². The van der Waals surface area contributed by atoms with Crippen LogP contribution in [0.1, 0.15) is 17.4 Å². The number of carbonyl (C=O) groups is 1. The predicted molar refractivity (Wildman–Crippen MR) is 69.1 cm³/mol. The molecule has 0 saturated heterocycles. The molecule has 0 radical (unpaired) electrons. The number of aromatic nitrogens is 1. The van der Waals surface area contributed by atoms with Gasteiger partial charge in [0, 0.05) is 18.8 Å². The summed E-state index contributed by atoms with van der Waals surface area (Å²) in [5, 5.41) is 5.80. The minimum absolute atomic E-state index is 0.126. The van der Waals surface area contributed by atoms with Crippen molar-refractivity contribution >= 4 is 23.5 Å². The molecule has 1 rings (SSSR count). The first-order valence-electron chi connectivity index (χ1n) is 5.12. The standard InChI is InChI=1S/C11H17N3OS/c1-8(7-16-3)13-11(15)9-5-4-6-10(12-2)14-9/h4-6,8H,7H2,1-3H3,(H,12,14)(H,13,15). The van der Waals surface area contributed by atoms with Crippen LogP contribution in [0.15, 0.2) is 18.2 Å². The van der Waals surface area contributed by atoms with Gasteiger partial charge in [-0.15, -0.1) is 0 Å². The van der Waals surface area contributed by atoms with Crippen molar-refractivity contribution < 1.29 is 4.79 Å². The topological polar surface area (TPSA) is 54.0 Å². The number of amides is 1. The van der Waals surface area contributed by atoms with Gasteiger partial charge in [0.15, 0.2) is 0 Å². The van der Waals surface area contributed by atoms with Crippen LogP contribution in [0.3, 0.4) is 0 Å². The lowest BCUT2D eigenvalue weighted by Gasteiger charge is -2.12. The molecule has 88 valence electrons. The molecule has 0 aliphatic heterocycles. The van der Waals surface area contributed by atoms with E-state index in [1.54, 1.807) is 24.9 Å². The molecule has 5 heteroatoms. The number of thioether (sulfide) groups is 1. The van der Waals surface area contributed by atoms with Crippen molar-refractivity contribution in [2.24, 2.45) is 0 Å². The molecule has 1 heterocycles. The Morgan fingerprint density at radius 3 is 2.94 bits per heavy atom. The molecular formula is C11H17N3OS. The zero-order valence-electron chi connectivity index (χ0n) is 9.78. The van der Waals surface area contributed by atoms with Crippen LogP contribution in [0.2, 0.25) is 0 Å². The molecule has 0 aromatic carbocycles. The Balaban J connectivity index is 2.65. The van der Waals surface area contributed by atoms with Crippen LogP contribution in [0, 0.1) is 0 Å². The monoisotopic (exact) mass is 239 g/mol. The lowest BCUT2D eigenvalue weighted by molar-refractivity contribution is 0.0939. The van der Waals surface area contributed by atoms with Gasteiger partial charge in [0.05, 0.1) is 0 Å². The molecular weight excluding hydrogens is 222 g/mol. The molecule has 4 nitrogen and oxygen atoms in total. The third-order valence-corrected chi connectivity index (χ3v) is 2.87. The highest BCUT2D eigenvalue weighted by molar-refractivity contribution is 7.98. The Kier molecular flexibility index (Phi) is 5.11. The van der Waals surface area contributed by atoms with Gasteiger partial charge in [-0.25, -0.2) is 4.98 Å². The fourth-order valence-electron chi connectivity index (χ4n) is 1.29. The van der Waals surface area contributed by atoms with Crippen molar-refractivity contribution in [1.82, 2.24) is 10.3 Å². The van der Waals surface area contributed by atoms with Gasteiger partial charge in [0.2, 0.25) is 0 Å². The molecule has 0 fully saturated rings. The third kappa shape index (κ3) is 3.73. The van der Waals surface area contributed by atoms with Crippen molar-refractivity contribution in [2.75, 3.05) is 24.4 Å². The summed E-state index contributed by atoms with van der Waals surface area (Å²) in [6.07, 6.45) is 2.02. The van der Waals surface area contributed by atoms with Crippen molar-refractivity contribution in [3.63, 3.8) is 0 Å². The summed E-state index contributed by atoms with van der Waals surface area (Å²) < 4.78 is 0. The minimum atomic E-state index is -0.126. The highest BCUT2D eigenvalue weighted by Gasteiger charge is 2.10. The first-order chi connectivity index (χ1) is 7.67. The molecule has 1 amide bonds. The number of pyridine rings is 1. The molecule has 0 saturated carbocycles. The molecule has 0 spiro atoms. The van der Waals surface area contributed by atoms with E-state index < -0.39 is 0 Å². The fraction of sp³-hybridized carbons (Fsp3) is 0.455. The Labute approximate surface area is 100 Å². The van der Waals surface area contributed by atoms with Crippen molar-refractivity contribution in [2.45, 2.75) is 13.0 Å². The van der Waals surface area contributed by atoms with Gasteiger partial charge < -0.3 is 10.6 Å². The fourth-order valence-corrected chi connectivity index (χ4v) is 1.87. The normalized spacial score (nSPS) is 11.9. The molecule has 1 aromatic rings. The summed E-state index contributed by atoms with van der Waals surface area (Å²) in [6.45, 7) is 1.98. The average molecular weight is 239 g/mol. The number of rotatable bonds is 5. The first-order valence-corrected chi connectivity index (χ1v) is 6.51. The third-order valence-electron chi connectivity index (χ3n) is 2.03. The quantitative estimate of drug-likeness (QED) is 0.819. The van der Waals surface area contributed by atoms with Crippen LogP contribution in [-0.2, 0) is 0 Å².